The smallest absolute Gasteiger partial charge is 0.315 e. The highest BCUT2D eigenvalue weighted by atomic mass is 16.6. The second-order valence-corrected chi connectivity index (χ2v) is 6.31. The number of oxime groups is 1. The van der Waals surface area contributed by atoms with E-state index >= 15 is 0 Å². The van der Waals surface area contributed by atoms with Gasteiger partial charge in [-0.2, -0.15) is 0 Å². The molecule has 0 heterocycles. The lowest BCUT2D eigenvalue weighted by Crippen LogP contribution is -2.40. The minimum Gasteiger partial charge on any atom is -0.481 e. The molecule has 1 fully saturated rings. The number of aliphatic carboxylic acids is 1. The molecule has 1 aliphatic carbocycles. The first-order chi connectivity index (χ1) is 10.0. The van der Waals surface area contributed by atoms with E-state index in [0.29, 0.717) is 31.3 Å². The van der Waals surface area contributed by atoms with Crippen molar-refractivity contribution in [1.29, 1.82) is 0 Å². The van der Waals surface area contributed by atoms with E-state index in [4.69, 9.17) is 4.84 Å². The zero-order chi connectivity index (χ0) is 15.3. The SMILES string of the molecule is CC1CC(C)CC(C=NOCc2ccccc2)(C(=O)O)C1. The molecule has 2 rings (SSSR count). The van der Waals surface area contributed by atoms with Crippen molar-refractivity contribution in [3.05, 3.63) is 35.9 Å². The van der Waals surface area contributed by atoms with Crippen LogP contribution in [0.25, 0.3) is 0 Å². The Balaban J connectivity index is 1.99. The molecule has 1 N–H and O–H groups in total. The number of nitrogens with zero attached hydrogens (tertiary/aromatic N) is 1. The third kappa shape index (κ3) is 4.06. The summed E-state index contributed by atoms with van der Waals surface area (Å²) in [6, 6.07) is 9.72. The first kappa shape index (κ1) is 15.5. The summed E-state index contributed by atoms with van der Waals surface area (Å²) in [6.07, 6.45) is 3.84. The maximum Gasteiger partial charge on any atom is 0.315 e. The minimum atomic E-state index is -0.881. The van der Waals surface area contributed by atoms with Gasteiger partial charge in [0.2, 0.25) is 0 Å². The van der Waals surface area contributed by atoms with Crippen molar-refractivity contribution in [2.45, 2.75) is 39.7 Å². The lowest BCUT2D eigenvalue weighted by molar-refractivity contribution is -0.147. The van der Waals surface area contributed by atoms with Crippen LogP contribution in [0.3, 0.4) is 0 Å². The molecule has 21 heavy (non-hydrogen) atoms. The molecule has 0 bridgehead atoms. The molecule has 4 nitrogen and oxygen atoms in total. The number of carbonyl (C=O) groups is 1. The van der Waals surface area contributed by atoms with E-state index in [-0.39, 0.29) is 0 Å². The van der Waals surface area contributed by atoms with E-state index in [1.54, 1.807) is 0 Å². The van der Waals surface area contributed by atoms with Gasteiger partial charge in [-0.1, -0.05) is 49.3 Å². The van der Waals surface area contributed by atoms with Gasteiger partial charge in [-0.15, -0.1) is 0 Å². The third-order valence-corrected chi connectivity index (χ3v) is 4.10. The van der Waals surface area contributed by atoms with Gasteiger partial charge in [0.1, 0.15) is 12.0 Å². The molecule has 1 aromatic rings. The first-order valence-electron chi connectivity index (χ1n) is 7.45. The number of benzene rings is 1. The van der Waals surface area contributed by atoms with Crippen LogP contribution in [0.4, 0.5) is 0 Å². The fourth-order valence-corrected chi connectivity index (χ4v) is 3.34. The first-order valence-corrected chi connectivity index (χ1v) is 7.45. The van der Waals surface area contributed by atoms with Gasteiger partial charge in [-0.25, -0.2) is 0 Å². The van der Waals surface area contributed by atoms with E-state index < -0.39 is 11.4 Å². The van der Waals surface area contributed by atoms with Gasteiger partial charge in [0.25, 0.3) is 0 Å². The number of hydrogen-bond acceptors (Lipinski definition) is 3. The van der Waals surface area contributed by atoms with Crippen molar-refractivity contribution >= 4 is 12.2 Å². The number of hydrogen-bond donors (Lipinski definition) is 1. The quantitative estimate of drug-likeness (QED) is 0.664. The highest BCUT2D eigenvalue weighted by Crippen LogP contribution is 2.41. The van der Waals surface area contributed by atoms with Crippen LogP contribution in [-0.4, -0.2) is 17.3 Å². The van der Waals surface area contributed by atoms with Crippen LogP contribution in [0.1, 0.15) is 38.7 Å². The second-order valence-electron chi connectivity index (χ2n) is 6.31. The van der Waals surface area contributed by atoms with Crippen LogP contribution in [-0.2, 0) is 16.2 Å². The molecule has 1 aromatic carbocycles. The Bertz CT molecular complexity index is 488. The predicted octanol–water partition coefficient (Wildman–Crippen LogP) is 3.72. The number of rotatable bonds is 5. The van der Waals surface area contributed by atoms with Crippen LogP contribution < -0.4 is 0 Å². The van der Waals surface area contributed by atoms with E-state index in [2.05, 4.69) is 19.0 Å². The van der Waals surface area contributed by atoms with Crippen molar-refractivity contribution in [2.75, 3.05) is 0 Å². The van der Waals surface area contributed by atoms with Crippen molar-refractivity contribution in [2.24, 2.45) is 22.4 Å². The van der Waals surface area contributed by atoms with Crippen LogP contribution in [0.5, 0.6) is 0 Å². The summed E-state index contributed by atoms with van der Waals surface area (Å²) >= 11 is 0. The largest absolute Gasteiger partial charge is 0.481 e. The van der Waals surface area contributed by atoms with Gasteiger partial charge in [-0.05, 0) is 36.7 Å². The molecule has 4 heteroatoms. The summed E-state index contributed by atoms with van der Waals surface area (Å²) in [5, 5.41) is 13.5. The van der Waals surface area contributed by atoms with E-state index in [1.807, 2.05) is 30.3 Å². The van der Waals surface area contributed by atoms with Gasteiger partial charge in [-0.3, -0.25) is 4.79 Å². The Hall–Kier alpha value is -1.84. The number of carboxylic acid groups (broad SMARTS) is 1. The van der Waals surface area contributed by atoms with Gasteiger partial charge < -0.3 is 9.94 Å². The molecule has 0 aromatic heterocycles. The molecule has 2 unspecified atom stereocenters. The van der Waals surface area contributed by atoms with Crippen molar-refractivity contribution < 1.29 is 14.7 Å². The van der Waals surface area contributed by atoms with Gasteiger partial charge in [0.05, 0.1) is 6.21 Å². The standard InChI is InChI=1S/C17H23NO3/c1-13-8-14(2)10-17(9-13,16(19)20)12-18-21-11-15-6-4-3-5-7-15/h3-7,12-14H,8-11H2,1-2H3,(H,19,20). The van der Waals surface area contributed by atoms with Gasteiger partial charge >= 0.3 is 5.97 Å². The Labute approximate surface area is 125 Å². The van der Waals surface area contributed by atoms with E-state index in [9.17, 15) is 9.90 Å². The average molecular weight is 289 g/mol. The summed E-state index contributed by atoms with van der Waals surface area (Å²) in [5.41, 5.74) is 0.137. The zero-order valence-corrected chi connectivity index (χ0v) is 12.7. The highest BCUT2D eigenvalue weighted by molar-refractivity contribution is 5.94. The molecule has 0 aliphatic heterocycles. The summed E-state index contributed by atoms with van der Waals surface area (Å²) < 4.78 is 0. The Morgan fingerprint density at radius 2 is 1.95 bits per heavy atom. The van der Waals surface area contributed by atoms with Crippen molar-refractivity contribution in [3.63, 3.8) is 0 Å². The summed E-state index contributed by atoms with van der Waals surface area (Å²) in [4.78, 5) is 17.0. The molecular weight excluding hydrogens is 266 g/mol. The van der Waals surface area contributed by atoms with Gasteiger partial charge in [0.15, 0.2) is 0 Å². The second kappa shape index (κ2) is 6.74. The van der Waals surface area contributed by atoms with Crippen LogP contribution in [0.2, 0.25) is 0 Å². The van der Waals surface area contributed by atoms with Crippen LogP contribution >= 0.6 is 0 Å². The molecule has 2 atom stereocenters. The van der Waals surface area contributed by atoms with Crippen molar-refractivity contribution in [3.8, 4) is 0 Å². The molecule has 1 aliphatic rings. The Morgan fingerprint density at radius 1 is 1.33 bits per heavy atom. The molecule has 114 valence electrons. The molecular formula is C17H23NO3. The topological polar surface area (TPSA) is 58.9 Å². The lowest BCUT2D eigenvalue weighted by Gasteiger charge is -2.36. The molecule has 0 amide bonds. The minimum absolute atomic E-state index is 0.359. The molecule has 0 spiro atoms. The maximum absolute atomic E-state index is 11.7. The molecule has 0 radical (unpaired) electrons. The lowest BCUT2D eigenvalue weighted by atomic mass is 9.67. The Morgan fingerprint density at radius 3 is 2.52 bits per heavy atom. The van der Waals surface area contributed by atoms with E-state index in [0.717, 1.165) is 12.0 Å². The third-order valence-electron chi connectivity index (χ3n) is 4.10. The molecule has 0 saturated heterocycles. The van der Waals surface area contributed by atoms with E-state index in [1.165, 1.54) is 6.21 Å². The highest BCUT2D eigenvalue weighted by Gasteiger charge is 2.43. The monoisotopic (exact) mass is 289 g/mol. The zero-order valence-electron chi connectivity index (χ0n) is 12.7. The number of carboxylic acids is 1. The molecule has 1 saturated carbocycles. The maximum atomic E-state index is 11.7. The fraction of sp³-hybridized carbons (Fsp3) is 0.529. The summed E-state index contributed by atoms with van der Waals surface area (Å²) in [6.45, 7) is 4.57. The fourth-order valence-electron chi connectivity index (χ4n) is 3.34. The van der Waals surface area contributed by atoms with Gasteiger partial charge in [0, 0.05) is 0 Å². The predicted molar refractivity (Wildman–Crippen MR) is 82.0 cm³/mol. The van der Waals surface area contributed by atoms with Crippen LogP contribution in [0.15, 0.2) is 35.5 Å². The van der Waals surface area contributed by atoms with Crippen LogP contribution in [0, 0.1) is 17.3 Å². The summed E-state index contributed by atoms with van der Waals surface area (Å²) in [7, 11) is 0. The normalized spacial score (nSPS) is 29.4. The summed E-state index contributed by atoms with van der Waals surface area (Å²) in [5.74, 6) is -0.0104. The Kier molecular flexibility index (Phi) is 4.99. The van der Waals surface area contributed by atoms with Crippen molar-refractivity contribution in [1.82, 2.24) is 0 Å². The average Bonchev–Trinajstić information content (AvgIpc) is 2.43.